The highest BCUT2D eigenvalue weighted by atomic mass is 35.5. The first-order valence-electron chi connectivity index (χ1n) is 4.55. The molecule has 5 heteroatoms. The molecular weight excluding hydrogens is 214 g/mol. The van der Waals surface area contributed by atoms with Crippen LogP contribution < -0.4 is 16.0 Å². The number of hydrogen-bond acceptors (Lipinski definition) is 4. The molecule has 0 unspecified atom stereocenters. The largest absolute Gasteiger partial charge is 0.388 e. The van der Waals surface area contributed by atoms with Crippen molar-refractivity contribution in [3.63, 3.8) is 0 Å². The number of rotatable bonds is 4. The maximum atomic E-state index is 11.3. The molecule has 82 valence electrons. The van der Waals surface area contributed by atoms with Crippen LogP contribution in [0, 0.1) is 0 Å². The Kier molecular flexibility index (Phi) is 3.80. The number of nitrogens with one attached hydrogen (secondary N) is 3. The lowest BCUT2D eigenvalue weighted by Gasteiger charge is -2.13. The highest BCUT2D eigenvalue weighted by Crippen LogP contribution is 2.30. The number of benzene rings is 1. The summed E-state index contributed by atoms with van der Waals surface area (Å²) in [5, 5.41) is 8.41. The summed E-state index contributed by atoms with van der Waals surface area (Å²) < 4.78 is 0. The van der Waals surface area contributed by atoms with E-state index >= 15 is 0 Å². The van der Waals surface area contributed by atoms with Gasteiger partial charge >= 0.3 is 0 Å². The van der Waals surface area contributed by atoms with Gasteiger partial charge in [-0.25, -0.2) is 0 Å². The van der Waals surface area contributed by atoms with Crippen molar-refractivity contribution in [2.45, 2.75) is 0 Å². The first-order valence-corrected chi connectivity index (χ1v) is 4.93. The third-order valence-electron chi connectivity index (χ3n) is 2.16. The van der Waals surface area contributed by atoms with Gasteiger partial charge in [0, 0.05) is 26.8 Å². The molecule has 4 nitrogen and oxygen atoms in total. The van der Waals surface area contributed by atoms with Gasteiger partial charge in [-0.15, -0.1) is 0 Å². The molecule has 0 bridgehead atoms. The zero-order valence-corrected chi connectivity index (χ0v) is 9.70. The number of halogens is 1. The molecule has 0 amide bonds. The Balaban J connectivity index is 3.39. The number of carbonyl (C=O) groups excluding carboxylic acids is 1. The minimum absolute atomic E-state index is 0.459. The second kappa shape index (κ2) is 4.89. The quantitative estimate of drug-likeness (QED) is 0.691. The minimum atomic E-state index is -0.480. The topological polar surface area (TPSA) is 53.2 Å². The van der Waals surface area contributed by atoms with Crippen molar-refractivity contribution < 1.29 is 4.79 Å². The Bertz CT molecular complexity index is 354. The zero-order valence-electron chi connectivity index (χ0n) is 8.94. The summed E-state index contributed by atoms with van der Waals surface area (Å²) in [5.74, 6) is 0. The van der Waals surface area contributed by atoms with Gasteiger partial charge in [0.05, 0.1) is 16.9 Å². The van der Waals surface area contributed by atoms with Crippen molar-refractivity contribution in [2.24, 2.45) is 0 Å². The number of carbonyl (C=O) groups is 1. The molecule has 0 aliphatic carbocycles. The third kappa shape index (κ3) is 2.33. The van der Waals surface area contributed by atoms with Gasteiger partial charge < -0.3 is 16.0 Å². The van der Waals surface area contributed by atoms with Crippen molar-refractivity contribution in [1.29, 1.82) is 0 Å². The van der Waals surface area contributed by atoms with Gasteiger partial charge in [0.25, 0.3) is 5.24 Å². The molecule has 0 saturated carbocycles. The molecule has 0 aromatic heterocycles. The third-order valence-corrected chi connectivity index (χ3v) is 2.35. The maximum Gasteiger partial charge on any atom is 0.256 e. The van der Waals surface area contributed by atoms with Crippen molar-refractivity contribution in [3.05, 3.63) is 17.7 Å². The molecule has 1 rings (SSSR count). The standard InChI is InChI=1S/C10H14ClN3O/c1-12-6-4-7(13-2)9(10(11)15)8(5-6)14-3/h4-5,12-14H,1-3H3. The van der Waals surface area contributed by atoms with Crippen molar-refractivity contribution in [2.75, 3.05) is 37.1 Å². The summed E-state index contributed by atoms with van der Waals surface area (Å²) in [6.07, 6.45) is 0. The van der Waals surface area contributed by atoms with Crippen LogP contribution in [0.15, 0.2) is 12.1 Å². The van der Waals surface area contributed by atoms with E-state index in [2.05, 4.69) is 16.0 Å². The van der Waals surface area contributed by atoms with E-state index in [1.807, 2.05) is 19.2 Å². The van der Waals surface area contributed by atoms with E-state index in [0.717, 1.165) is 5.69 Å². The molecule has 0 radical (unpaired) electrons. The van der Waals surface area contributed by atoms with E-state index < -0.39 is 5.24 Å². The van der Waals surface area contributed by atoms with Crippen LogP contribution in [0.3, 0.4) is 0 Å². The first-order chi connectivity index (χ1) is 7.13. The highest BCUT2D eigenvalue weighted by Gasteiger charge is 2.14. The van der Waals surface area contributed by atoms with E-state index in [1.54, 1.807) is 14.1 Å². The summed E-state index contributed by atoms with van der Waals surface area (Å²) in [5.41, 5.74) is 2.77. The van der Waals surface area contributed by atoms with Gasteiger partial charge in [0.1, 0.15) is 0 Å². The number of hydrogen-bond donors (Lipinski definition) is 3. The molecule has 0 aliphatic rings. The van der Waals surface area contributed by atoms with Crippen molar-refractivity contribution in [1.82, 2.24) is 0 Å². The highest BCUT2D eigenvalue weighted by molar-refractivity contribution is 6.68. The summed E-state index contributed by atoms with van der Waals surface area (Å²) in [7, 11) is 5.31. The fourth-order valence-corrected chi connectivity index (χ4v) is 1.60. The second-order valence-electron chi connectivity index (χ2n) is 2.97. The Morgan fingerprint density at radius 2 is 1.53 bits per heavy atom. The molecule has 0 saturated heterocycles. The van der Waals surface area contributed by atoms with Gasteiger partial charge in [-0.05, 0) is 23.7 Å². The van der Waals surface area contributed by atoms with E-state index in [9.17, 15) is 4.79 Å². The monoisotopic (exact) mass is 227 g/mol. The molecule has 1 aromatic rings. The Hall–Kier alpha value is -1.42. The fraction of sp³-hybridized carbons (Fsp3) is 0.300. The Morgan fingerprint density at radius 1 is 1.07 bits per heavy atom. The molecule has 0 fully saturated rings. The lowest BCUT2D eigenvalue weighted by molar-refractivity contribution is 0.108. The predicted molar refractivity (Wildman–Crippen MR) is 65.3 cm³/mol. The van der Waals surface area contributed by atoms with Crippen LogP contribution >= 0.6 is 11.6 Å². The van der Waals surface area contributed by atoms with Crippen LogP contribution in [-0.2, 0) is 0 Å². The van der Waals surface area contributed by atoms with Crippen molar-refractivity contribution >= 4 is 33.9 Å². The summed E-state index contributed by atoms with van der Waals surface area (Å²) in [6.45, 7) is 0. The molecule has 0 heterocycles. The summed E-state index contributed by atoms with van der Waals surface area (Å²) >= 11 is 5.53. The molecule has 1 aromatic carbocycles. The van der Waals surface area contributed by atoms with Crippen LogP contribution in [0.25, 0.3) is 0 Å². The fourth-order valence-electron chi connectivity index (χ4n) is 1.39. The molecular formula is C10H14ClN3O. The molecule has 0 atom stereocenters. The van der Waals surface area contributed by atoms with E-state index in [0.29, 0.717) is 16.9 Å². The van der Waals surface area contributed by atoms with Gasteiger partial charge in [0.2, 0.25) is 0 Å². The lowest BCUT2D eigenvalue weighted by atomic mass is 10.1. The minimum Gasteiger partial charge on any atom is -0.388 e. The van der Waals surface area contributed by atoms with Crippen LogP contribution in [0.4, 0.5) is 17.1 Å². The van der Waals surface area contributed by atoms with E-state index in [1.165, 1.54) is 0 Å². The SMILES string of the molecule is CNc1cc(NC)c(C(=O)Cl)c(NC)c1. The molecule has 0 spiro atoms. The van der Waals surface area contributed by atoms with Gasteiger partial charge in [-0.1, -0.05) is 0 Å². The van der Waals surface area contributed by atoms with Crippen LogP contribution in [0.2, 0.25) is 0 Å². The molecule has 3 N–H and O–H groups in total. The number of anilines is 3. The maximum absolute atomic E-state index is 11.3. The first kappa shape index (κ1) is 11.7. The average Bonchev–Trinajstić information content (AvgIpc) is 2.26. The normalized spacial score (nSPS) is 9.60. The average molecular weight is 228 g/mol. The zero-order chi connectivity index (χ0) is 11.4. The van der Waals surface area contributed by atoms with Gasteiger partial charge in [0.15, 0.2) is 0 Å². The Morgan fingerprint density at radius 3 is 1.80 bits per heavy atom. The Labute approximate surface area is 94.0 Å². The summed E-state index contributed by atoms with van der Waals surface area (Å²) in [6, 6.07) is 3.66. The lowest BCUT2D eigenvalue weighted by Crippen LogP contribution is -2.05. The molecule has 15 heavy (non-hydrogen) atoms. The van der Waals surface area contributed by atoms with Crippen molar-refractivity contribution in [3.8, 4) is 0 Å². The second-order valence-corrected chi connectivity index (χ2v) is 3.31. The van der Waals surface area contributed by atoms with Gasteiger partial charge in [-0.3, -0.25) is 4.79 Å². The molecule has 0 aliphatic heterocycles. The van der Waals surface area contributed by atoms with E-state index in [-0.39, 0.29) is 0 Å². The van der Waals surface area contributed by atoms with Crippen LogP contribution in [0.1, 0.15) is 10.4 Å². The van der Waals surface area contributed by atoms with Crippen LogP contribution in [0.5, 0.6) is 0 Å². The van der Waals surface area contributed by atoms with Gasteiger partial charge in [-0.2, -0.15) is 0 Å². The summed E-state index contributed by atoms with van der Waals surface area (Å²) in [4.78, 5) is 11.3. The van der Waals surface area contributed by atoms with Crippen LogP contribution in [-0.4, -0.2) is 26.4 Å². The van der Waals surface area contributed by atoms with E-state index in [4.69, 9.17) is 11.6 Å². The smallest absolute Gasteiger partial charge is 0.256 e. The predicted octanol–water partition coefficient (Wildman–Crippen LogP) is 2.19.